The summed E-state index contributed by atoms with van der Waals surface area (Å²) in [5, 5.41) is 12.5. The first-order valence-corrected chi connectivity index (χ1v) is 6.69. The van der Waals surface area contributed by atoms with Gasteiger partial charge in [-0.1, -0.05) is 66.7 Å². The lowest BCUT2D eigenvalue weighted by atomic mass is 9.87. The molecule has 0 saturated carbocycles. The second-order valence-electron chi connectivity index (χ2n) is 4.84. The van der Waals surface area contributed by atoms with Crippen LogP contribution in [0.4, 0.5) is 0 Å². The van der Waals surface area contributed by atoms with E-state index in [0.717, 1.165) is 21.9 Å². The number of phenols is 1. The van der Waals surface area contributed by atoms with Crippen LogP contribution in [0.15, 0.2) is 79.4 Å². The minimum atomic E-state index is -0.0118. The van der Waals surface area contributed by atoms with Crippen molar-refractivity contribution in [3.63, 3.8) is 0 Å². The number of aromatic hydroxyl groups is 1. The largest absolute Gasteiger partial charge is 0.508 e. The van der Waals surface area contributed by atoms with Gasteiger partial charge in [0.1, 0.15) is 5.75 Å². The van der Waals surface area contributed by atoms with Crippen molar-refractivity contribution < 1.29 is 5.11 Å². The van der Waals surface area contributed by atoms with Gasteiger partial charge >= 0.3 is 0 Å². The molecule has 1 heteroatoms. The fourth-order valence-corrected chi connectivity index (χ4v) is 2.69. The van der Waals surface area contributed by atoms with Crippen LogP contribution in [-0.2, 0) is 0 Å². The van der Waals surface area contributed by atoms with E-state index in [2.05, 4.69) is 24.8 Å². The zero-order valence-corrected chi connectivity index (χ0v) is 11.2. The Balaban J connectivity index is 2.27. The van der Waals surface area contributed by atoms with Crippen molar-refractivity contribution in [3.8, 4) is 5.75 Å². The molecule has 0 saturated heterocycles. The van der Waals surface area contributed by atoms with E-state index in [1.165, 1.54) is 0 Å². The summed E-state index contributed by atoms with van der Waals surface area (Å²) in [6, 6.07) is 21.9. The average Bonchev–Trinajstić information content (AvgIpc) is 2.51. The van der Waals surface area contributed by atoms with E-state index < -0.39 is 0 Å². The van der Waals surface area contributed by atoms with E-state index in [1.807, 2.05) is 48.5 Å². The van der Waals surface area contributed by atoms with Gasteiger partial charge in [0.15, 0.2) is 0 Å². The maximum atomic E-state index is 10.3. The number of rotatable bonds is 3. The Labute approximate surface area is 118 Å². The Bertz CT molecular complexity index is 744. The lowest BCUT2D eigenvalue weighted by molar-refractivity contribution is 0.469. The first-order valence-electron chi connectivity index (χ1n) is 6.69. The third-order valence-corrected chi connectivity index (χ3v) is 3.65. The molecule has 0 radical (unpaired) electrons. The molecule has 0 bridgehead atoms. The van der Waals surface area contributed by atoms with Crippen molar-refractivity contribution in [2.24, 2.45) is 0 Å². The van der Waals surface area contributed by atoms with Gasteiger partial charge in [-0.05, 0) is 22.4 Å². The summed E-state index contributed by atoms with van der Waals surface area (Å²) in [6.45, 7) is 3.95. The van der Waals surface area contributed by atoms with Gasteiger partial charge in [-0.25, -0.2) is 0 Å². The van der Waals surface area contributed by atoms with Crippen LogP contribution >= 0.6 is 0 Å². The Morgan fingerprint density at radius 3 is 2.30 bits per heavy atom. The third kappa shape index (κ3) is 2.08. The van der Waals surface area contributed by atoms with Crippen molar-refractivity contribution in [2.75, 3.05) is 0 Å². The summed E-state index contributed by atoms with van der Waals surface area (Å²) >= 11 is 0. The predicted molar refractivity (Wildman–Crippen MR) is 84.1 cm³/mol. The third-order valence-electron chi connectivity index (χ3n) is 3.65. The van der Waals surface area contributed by atoms with Crippen LogP contribution in [0.3, 0.4) is 0 Å². The predicted octanol–water partition coefficient (Wildman–Crippen LogP) is 4.86. The van der Waals surface area contributed by atoms with Gasteiger partial charge in [0.05, 0.1) is 0 Å². The van der Waals surface area contributed by atoms with Crippen LogP contribution in [0.25, 0.3) is 10.8 Å². The molecule has 3 aromatic carbocycles. The summed E-state index contributed by atoms with van der Waals surface area (Å²) in [4.78, 5) is 0. The number of benzene rings is 3. The highest BCUT2D eigenvalue weighted by atomic mass is 16.3. The topological polar surface area (TPSA) is 20.2 Å². The van der Waals surface area contributed by atoms with Crippen LogP contribution in [-0.4, -0.2) is 5.11 Å². The molecular formula is C19H16O. The number of hydrogen-bond donors (Lipinski definition) is 1. The summed E-state index contributed by atoms with van der Waals surface area (Å²) < 4.78 is 0. The van der Waals surface area contributed by atoms with Gasteiger partial charge in [0.2, 0.25) is 0 Å². The van der Waals surface area contributed by atoms with Gasteiger partial charge in [-0.2, -0.15) is 0 Å². The van der Waals surface area contributed by atoms with Crippen LogP contribution in [0.5, 0.6) is 5.75 Å². The molecule has 0 aliphatic carbocycles. The normalized spacial score (nSPS) is 12.2. The van der Waals surface area contributed by atoms with Crippen molar-refractivity contribution in [3.05, 3.63) is 90.5 Å². The first kappa shape index (κ1) is 12.5. The molecule has 0 spiro atoms. The lowest BCUT2D eigenvalue weighted by Crippen LogP contribution is -1.99. The minimum Gasteiger partial charge on any atom is -0.508 e. The Morgan fingerprint density at radius 1 is 0.850 bits per heavy atom. The Hall–Kier alpha value is -2.54. The number of hydrogen-bond acceptors (Lipinski definition) is 1. The number of fused-ring (bicyclic) bond motifs is 1. The molecule has 20 heavy (non-hydrogen) atoms. The monoisotopic (exact) mass is 260 g/mol. The molecule has 0 amide bonds. The fraction of sp³-hybridized carbons (Fsp3) is 0.0526. The molecule has 98 valence electrons. The van der Waals surface area contributed by atoms with E-state index in [0.29, 0.717) is 5.75 Å². The second kappa shape index (κ2) is 5.22. The summed E-state index contributed by atoms with van der Waals surface area (Å²) in [5.41, 5.74) is 2.05. The number of phenolic OH excluding ortho intramolecular Hbond substituents is 1. The van der Waals surface area contributed by atoms with Crippen molar-refractivity contribution >= 4 is 10.8 Å². The van der Waals surface area contributed by atoms with E-state index in [-0.39, 0.29) is 5.92 Å². The van der Waals surface area contributed by atoms with Gasteiger partial charge in [0, 0.05) is 11.5 Å². The molecule has 1 N–H and O–H groups in total. The van der Waals surface area contributed by atoms with Crippen LogP contribution in [0, 0.1) is 0 Å². The highest BCUT2D eigenvalue weighted by molar-refractivity contribution is 5.89. The summed E-state index contributed by atoms with van der Waals surface area (Å²) in [5.74, 6) is 0.305. The second-order valence-corrected chi connectivity index (χ2v) is 4.84. The summed E-state index contributed by atoms with van der Waals surface area (Å²) in [6.07, 6.45) is 1.89. The van der Waals surface area contributed by atoms with Gasteiger partial charge < -0.3 is 5.11 Å². The van der Waals surface area contributed by atoms with E-state index in [1.54, 1.807) is 6.07 Å². The average molecular weight is 260 g/mol. The van der Waals surface area contributed by atoms with E-state index in [4.69, 9.17) is 0 Å². The zero-order chi connectivity index (χ0) is 13.9. The molecular weight excluding hydrogens is 244 g/mol. The fourth-order valence-electron chi connectivity index (χ4n) is 2.69. The standard InChI is InChI=1S/C19H16O/c1-2-16(14-8-4-3-5-9-14)19-17-11-7-6-10-15(17)12-13-18(19)20/h2-13,16,20H,1H2. The smallest absolute Gasteiger partial charge is 0.120 e. The molecule has 1 unspecified atom stereocenters. The SMILES string of the molecule is C=CC(c1ccccc1)c1c(O)ccc2ccccc12. The molecule has 0 aromatic heterocycles. The van der Waals surface area contributed by atoms with Crippen LogP contribution in [0.2, 0.25) is 0 Å². The van der Waals surface area contributed by atoms with Crippen molar-refractivity contribution in [1.29, 1.82) is 0 Å². The highest BCUT2D eigenvalue weighted by Crippen LogP contribution is 2.37. The molecule has 1 atom stereocenters. The zero-order valence-electron chi connectivity index (χ0n) is 11.2. The van der Waals surface area contributed by atoms with E-state index in [9.17, 15) is 5.11 Å². The van der Waals surface area contributed by atoms with E-state index >= 15 is 0 Å². The van der Waals surface area contributed by atoms with Crippen LogP contribution < -0.4 is 0 Å². The molecule has 1 nitrogen and oxygen atoms in total. The minimum absolute atomic E-state index is 0.0118. The van der Waals surface area contributed by atoms with Gasteiger partial charge in [-0.15, -0.1) is 6.58 Å². The lowest BCUT2D eigenvalue weighted by Gasteiger charge is -2.17. The summed E-state index contributed by atoms with van der Waals surface area (Å²) in [7, 11) is 0. The molecule has 0 aliphatic rings. The quantitative estimate of drug-likeness (QED) is 0.666. The van der Waals surface area contributed by atoms with Gasteiger partial charge in [0.25, 0.3) is 0 Å². The van der Waals surface area contributed by atoms with Crippen LogP contribution in [0.1, 0.15) is 17.0 Å². The molecule has 0 fully saturated rings. The van der Waals surface area contributed by atoms with Crippen molar-refractivity contribution in [2.45, 2.75) is 5.92 Å². The highest BCUT2D eigenvalue weighted by Gasteiger charge is 2.17. The number of allylic oxidation sites excluding steroid dienone is 1. The molecule has 3 rings (SSSR count). The van der Waals surface area contributed by atoms with Crippen molar-refractivity contribution in [1.82, 2.24) is 0 Å². The molecule has 3 aromatic rings. The Morgan fingerprint density at radius 2 is 1.55 bits per heavy atom. The Kier molecular flexibility index (Phi) is 3.26. The maximum absolute atomic E-state index is 10.3. The first-order chi connectivity index (χ1) is 9.81. The molecule has 0 aliphatic heterocycles. The molecule has 0 heterocycles. The maximum Gasteiger partial charge on any atom is 0.120 e. The van der Waals surface area contributed by atoms with Gasteiger partial charge in [-0.3, -0.25) is 0 Å².